The van der Waals surface area contributed by atoms with Crippen LogP contribution < -0.4 is 14.8 Å². The minimum atomic E-state index is -3.87. The summed E-state index contributed by atoms with van der Waals surface area (Å²) in [4.78, 5) is 11.4. The second-order valence-corrected chi connectivity index (χ2v) is 8.05. The number of anilines is 2. The third kappa shape index (κ3) is 4.28. The number of nitrogens with one attached hydrogen (secondary N) is 2. The highest BCUT2D eigenvalue weighted by Gasteiger charge is 2.22. The van der Waals surface area contributed by atoms with Crippen molar-refractivity contribution in [1.82, 2.24) is 0 Å². The van der Waals surface area contributed by atoms with Crippen LogP contribution in [0.1, 0.15) is 23.6 Å². The zero-order valence-corrected chi connectivity index (χ0v) is 16.8. The van der Waals surface area contributed by atoms with Crippen molar-refractivity contribution < 1.29 is 17.9 Å². The van der Waals surface area contributed by atoms with Crippen LogP contribution in [0.2, 0.25) is 5.02 Å². The molecule has 8 heteroatoms. The van der Waals surface area contributed by atoms with E-state index in [0.29, 0.717) is 33.3 Å². The molecule has 0 aliphatic carbocycles. The van der Waals surface area contributed by atoms with Crippen molar-refractivity contribution in [2.24, 2.45) is 0 Å². The number of sulfonamides is 1. The molecule has 2 rings (SSSR count). The Kier molecular flexibility index (Phi) is 5.83. The van der Waals surface area contributed by atoms with Gasteiger partial charge in [0.1, 0.15) is 5.75 Å². The normalized spacial score (nSPS) is 11.2. The van der Waals surface area contributed by atoms with Crippen molar-refractivity contribution in [3.8, 4) is 5.75 Å². The molecule has 1 amide bonds. The van der Waals surface area contributed by atoms with Gasteiger partial charge in [-0.05, 0) is 55.7 Å². The van der Waals surface area contributed by atoms with Gasteiger partial charge >= 0.3 is 0 Å². The lowest BCUT2D eigenvalue weighted by atomic mass is 10.1. The van der Waals surface area contributed by atoms with Crippen molar-refractivity contribution in [3.63, 3.8) is 0 Å². The summed E-state index contributed by atoms with van der Waals surface area (Å²) < 4.78 is 33.7. The van der Waals surface area contributed by atoms with Crippen molar-refractivity contribution >= 4 is 38.9 Å². The van der Waals surface area contributed by atoms with Crippen molar-refractivity contribution in [2.45, 2.75) is 32.6 Å². The fourth-order valence-electron chi connectivity index (χ4n) is 2.76. The smallest absolute Gasteiger partial charge is 0.262 e. The van der Waals surface area contributed by atoms with E-state index in [9.17, 15) is 13.2 Å². The van der Waals surface area contributed by atoms with E-state index >= 15 is 0 Å². The maximum atomic E-state index is 13.0. The molecule has 0 aliphatic rings. The second kappa shape index (κ2) is 7.55. The molecule has 0 radical (unpaired) electrons. The molecule has 26 heavy (non-hydrogen) atoms. The Morgan fingerprint density at radius 1 is 1.04 bits per heavy atom. The van der Waals surface area contributed by atoms with Gasteiger partial charge in [-0.1, -0.05) is 11.6 Å². The number of aryl methyl sites for hydroxylation is 3. The van der Waals surface area contributed by atoms with Crippen LogP contribution in [-0.2, 0) is 14.8 Å². The lowest BCUT2D eigenvalue weighted by Crippen LogP contribution is -2.17. The second-order valence-electron chi connectivity index (χ2n) is 6.03. The van der Waals surface area contributed by atoms with Crippen molar-refractivity contribution in [3.05, 3.63) is 46.0 Å². The molecular formula is C18H21ClN2O4S. The van der Waals surface area contributed by atoms with Crippen molar-refractivity contribution in [1.29, 1.82) is 0 Å². The largest absolute Gasteiger partial charge is 0.495 e. The van der Waals surface area contributed by atoms with E-state index in [0.717, 1.165) is 5.56 Å². The maximum Gasteiger partial charge on any atom is 0.262 e. The molecule has 0 heterocycles. The van der Waals surface area contributed by atoms with E-state index in [1.165, 1.54) is 14.0 Å². The number of halogens is 1. The first-order valence-electron chi connectivity index (χ1n) is 7.81. The van der Waals surface area contributed by atoms with Gasteiger partial charge in [-0.15, -0.1) is 0 Å². The molecule has 0 fully saturated rings. The van der Waals surface area contributed by atoms with Crippen LogP contribution in [-0.4, -0.2) is 21.4 Å². The number of methoxy groups -OCH3 is 1. The molecule has 2 N–H and O–H groups in total. The predicted octanol–water partition coefficient (Wildman–Crippen LogP) is 4.03. The van der Waals surface area contributed by atoms with Crippen LogP contribution in [0.25, 0.3) is 0 Å². The monoisotopic (exact) mass is 396 g/mol. The number of hydrogen-bond acceptors (Lipinski definition) is 4. The average Bonchev–Trinajstić information content (AvgIpc) is 2.48. The fourth-order valence-corrected chi connectivity index (χ4v) is 4.43. The lowest BCUT2D eigenvalue weighted by Gasteiger charge is -2.17. The number of ether oxygens (including phenoxy) is 1. The third-order valence-electron chi connectivity index (χ3n) is 3.77. The lowest BCUT2D eigenvalue weighted by molar-refractivity contribution is -0.114. The van der Waals surface area contributed by atoms with Gasteiger partial charge in [0.05, 0.1) is 17.7 Å². The van der Waals surface area contributed by atoms with Gasteiger partial charge in [0, 0.05) is 23.7 Å². The molecule has 0 saturated heterocycles. The maximum absolute atomic E-state index is 13.0. The van der Waals surface area contributed by atoms with Gasteiger partial charge in [-0.3, -0.25) is 9.52 Å². The molecular weight excluding hydrogens is 376 g/mol. The molecule has 6 nitrogen and oxygen atoms in total. The minimum absolute atomic E-state index is 0.154. The number of amides is 1. The van der Waals surface area contributed by atoms with Gasteiger partial charge in [0.25, 0.3) is 10.0 Å². The molecule has 2 aromatic carbocycles. The summed E-state index contributed by atoms with van der Waals surface area (Å²) in [7, 11) is -2.43. The first kappa shape index (κ1) is 20.1. The van der Waals surface area contributed by atoms with Gasteiger partial charge < -0.3 is 10.1 Å². The van der Waals surface area contributed by atoms with Crippen LogP contribution in [0.3, 0.4) is 0 Å². The highest BCUT2D eigenvalue weighted by Crippen LogP contribution is 2.34. The first-order chi connectivity index (χ1) is 12.0. The Bertz CT molecular complexity index is 948. The van der Waals surface area contributed by atoms with E-state index in [2.05, 4.69) is 10.0 Å². The standard InChI is InChI=1S/C18H21ClN2O4S/c1-10-8-16(17(25-5)9-15(10)19)21-26(23,24)18-11(2)6-14(7-12(18)3)20-13(4)22/h6-9,21H,1-5H3,(H,20,22). The van der Waals surface area contributed by atoms with E-state index in [1.54, 1.807) is 45.0 Å². The van der Waals surface area contributed by atoms with Crippen LogP contribution in [0.4, 0.5) is 11.4 Å². The average molecular weight is 397 g/mol. The Labute approximate surface area is 158 Å². The van der Waals surface area contributed by atoms with Crippen LogP contribution in [0, 0.1) is 20.8 Å². The summed E-state index contributed by atoms with van der Waals surface area (Å²) >= 11 is 6.07. The highest BCUT2D eigenvalue weighted by molar-refractivity contribution is 7.92. The molecule has 0 spiro atoms. The summed E-state index contributed by atoms with van der Waals surface area (Å²) in [6, 6.07) is 6.42. The molecule has 0 atom stereocenters. The SMILES string of the molecule is COc1cc(Cl)c(C)cc1NS(=O)(=O)c1c(C)cc(NC(C)=O)cc1C. The summed E-state index contributed by atoms with van der Waals surface area (Å²) in [5.74, 6) is 0.105. The molecule has 0 unspecified atom stereocenters. The van der Waals surface area contributed by atoms with Gasteiger partial charge in [-0.25, -0.2) is 8.42 Å². The van der Waals surface area contributed by atoms with Crippen LogP contribution in [0.15, 0.2) is 29.2 Å². The molecule has 0 bridgehead atoms. The summed E-state index contributed by atoms with van der Waals surface area (Å²) in [5.41, 5.74) is 2.61. The van der Waals surface area contributed by atoms with E-state index in [4.69, 9.17) is 16.3 Å². The topological polar surface area (TPSA) is 84.5 Å². The van der Waals surface area contributed by atoms with Gasteiger partial charge in [0.15, 0.2) is 0 Å². The predicted molar refractivity (Wildman–Crippen MR) is 104 cm³/mol. The van der Waals surface area contributed by atoms with Crippen LogP contribution in [0.5, 0.6) is 5.75 Å². The summed E-state index contributed by atoms with van der Waals surface area (Å²) in [6.07, 6.45) is 0. The van der Waals surface area contributed by atoms with E-state index in [1.807, 2.05) is 0 Å². The summed E-state index contributed by atoms with van der Waals surface area (Å²) in [5, 5.41) is 3.14. The summed E-state index contributed by atoms with van der Waals surface area (Å²) in [6.45, 7) is 6.53. The Hall–Kier alpha value is -2.25. The van der Waals surface area contributed by atoms with E-state index in [-0.39, 0.29) is 10.8 Å². The zero-order chi connectivity index (χ0) is 19.6. The Morgan fingerprint density at radius 2 is 1.62 bits per heavy atom. The highest BCUT2D eigenvalue weighted by atomic mass is 35.5. The van der Waals surface area contributed by atoms with Gasteiger partial charge in [0.2, 0.25) is 5.91 Å². The number of hydrogen-bond donors (Lipinski definition) is 2. The molecule has 140 valence electrons. The minimum Gasteiger partial charge on any atom is -0.495 e. The quantitative estimate of drug-likeness (QED) is 0.798. The number of carbonyl (C=O) groups excluding carboxylic acids is 1. The van der Waals surface area contributed by atoms with Gasteiger partial charge in [-0.2, -0.15) is 0 Å². The Balaban J connectivity index is 2.49. The molecule has 0 aromatic heterocycles. The van der Waals surface area contributed by atoms with Crippen molar-refractivity contribution in [2.75, 3.05) is 17.1 Å². The van der Waals surface area contributed by atoms with Crippen LogP contribution >= 0.6 is 11.6 Å². The van der Waals surface area contributed by atoms with E-state index < -0.39 is 10.0 Å². The number of carbonyl (C=O) groups is 1. The molecule has 2 aromatic rings. The third-order valence-corrected chi connectivity index (χ3v) is 5.85. The zero-order valence-electron chi connectivity index (χ0n) is 15.2. The number of benzene rings is 2. The molecule has 0 aliphatic heterocycles. The number of rotatable bonds is 5. The molecule has 0 saturated carbocycles. The first-order valence-corrected chi connectivity index (χ1v) is 9.67. The Morgan fingerprint density at radius 3 is 2.12 bits per heavy atom. The fraction of sp³-hybridized carbons (Fsp3) is 0.278.